The Morgan fingerprint density at radius 1 is 1.23 bits per heavy atom. The summed E-state index contributed by atoms with van der Waals surface area (Å²) in [6.45, 7) is 0.572. The fourth-order valence-corrected chi connectivity index (χ4v) is 5.86. The molecule has 3 bridgehead atoms. The molecule has 5 atom stereocenters. The van der Waals surface area contributed by atoms with Gasteiger partial charge in [-0.15, -0.1) is 0 Å². The van der Waals surface area contributed by atoms with E-state index in [9.17, 15) is 9.90 Å². The summed E-state index contributed by atoms with van der Waals surface area (Å²) in [6.07, 6.45) is 7.64. The lowest BCUT2D eigenvalue weighted by atomic mass is 9.77. The molecule has 4 heteroatoms. The predicted octanol–water partition coefficient (Wildman–Crippen LogP) is 3.63. The molecule has 3 fully saturated rings. The van der Waals surface area contributed by atoms with Crippen molar-refractivity contribution in [3.63, 3.8) is 0 Å². The zero-order chi connectivity index (χ0) is 18.1. The molecule has 5 unspecified atom stereocenters. The van der Waals surface area contributed by atoms with Gasteiger partial charge >= 0.3 is 0 Å². The van der Waals surface area contributed by atoms with Crippen molar-refractivity contribution >= 4 is 5.91 Å². The van der Waals surface area contributed by atoms with E-state index in [1.165, 1.54) is 6.42 Å². The third-order valence-electron chi connectivity index (χ3n) is 6.97. The fourth-order valence-electron chi connectivity index (χ4n) is 5.86. The van der Waals surface area contributed by atoms with Crippen LogP contribution in [-0.2, 0) is 4.79 Å². The largest absolute Gasteiger partial charge is 0.494 e. The van der Waals surface area contributed by atoms with E-state index >= 15 is 0 Å². The summed E-state index contributed by atoms with van der Waals surface area (Å²) < 4.78 is 5.70. The van der Waals surface area contributed by atoms with Crippen LogP contribution in [0.25, 0.3) is 0 Å². The molecule has 4 nitrogen and oxygen atoms in total. The quantitative estimate of drug-likeness (QED) is 0.791. The van der Waals surface area contributed by atoms with Crippen LogP contribution < -0.4 is 4.74 Å². The van der Waals surface area contributed by atoms with Crippen LogP contribution in [0.3, 0.4) is 0 Å². The molecular formula is C22H31NO3. The lowest BCUT2D eigenvalue weighted by Crippen LogP contribution is -2.43. The number of aliphatic hydroxyl groups is 1. The third-order valence-corrected chi connectivity index (χ3v) is 6.97. The molecule has 4 rings (SSSR count). The van der Waals surface area contributed by atoms with Gasteiger partial charge in [0.05, 0.1) is 12.2 Å². The fraction of sp³-hybridized carbons (Fsp3) is 0.682. The highest BCUT2D eigenvalue weighted by Crippen LogP contribution is 2.56. The van der Waals surface area contributed by atoms with E-state index in [2.05, 4.69) is 0 Å². The van der Waals surface area contributed by atoms with E-state index in [1.807, 2.05) is 42.3 Å². The van der Waals surface area contributed by atoms with Gasteiger partial charge in [0.1, 0.15) is 5.75 Å². The van der Waals surface area contributed by atoms with Gasteiger partial charge in [0.15, 0.2) is 0 Å². The highest BCUT2D eigenvalue weighted by Gasteiger charge is 2.54. The maximum absolute atomic E-state index is 12.7. The Hall–Kier alpha value is -1.55. The summed E-state index contributed by atoms with van der Waals surface area (Å²) >= 11 is 0. The molecular weight excluding hydrogens is 326 g/mol. The Balaban J connectivity index is 1.29. The number of nitrogens with zero attached hydrogens (tertiary/aromatic N) is 1. The zero-order valence-corrected chi connectivity index (χ0v) is 15.8. The van der Waals surface area contributed by atoms with Gasteiger partial charge in [0, 0.05) is 19.5 Å². The van der Waals surface area contributed by atoms with Crippen LogP contribution in [0.2, 0.25) is 0 Å². The lowest BCUT2D eigenvalue weighted by molar-refractivity contribution is -0.133. The molecule has 1 aromatic rings. The number of carbonyl (C=O) groups is 1. The normalized spacial score (nSPS) is 35.2. The van der Waals surface area contributed by atoms with Crippen LogP contribution in [0.15, 0.2) is 30.3 Å². The van der Waals surface area contributed by atoms with Crippen LogP contribution in [0.1, 0.15) is 51.4 Å². The average Bonchev–Trinajstić information content (AvgIpc) is 2.79. The van der Waals surface area contributed by atoms with Crippen LogP contribution in [0.5, 0.6) is 5.75 Å². The van der Waals surface area contributed by atoms with Gasteiger partial charge in [-0.1, -0.05) is 18.2 Å². The molecule has 0 radical (unpaired) electrons. The van der Waals surface area contributed by atoms with E-state index in [-0.39, 0.29) is 5.91 Å². The number of hydrogen-bond donors (Lipinski definition) is 1. The molecule has 1 amide bonds. The number of amides is 1. The number of fused-ring (bicyclic) bond motifs is 2. The second-order valence-corrected chi connectivity index (χ2v) is 8.78. The summed E-state index contributed by atoms with van der Waals surface area (Å²) in [5, 5.41) is 10.8. The first-order valence-corrected chi connectivity index (χ1v) is 10.2. The van der Waals surface area contributed by atoms with Crippen LogP contribution in [0.4, 0.5) is 0 Å². The van der Waals surface area contributed by atoms with Crippen molar-refractivity contribution < 1.29 is 14.6 Å². The molecule has 0 heterocycles. The average molecular weight is 357 g/mol. The monoisotopic (exact) mass is 357 g/mol. The van der Waals surface area contributed by atoms with Crippen LogP contribution in [0, 0.1) is 17.8 Å². The number of benzene rings is 1. The molecule has 3 saturated carbocycles. The van der Waals surface area contributed by atoms with E-state index in [4.69, 9.17) is 4.74 Å². The van der Waals surface area contributed by atoms with Gasteiger partial charge in [0.25, 0.3) is 0 Å². The van der Waals surface area contributed by atoms with Crippen molar-refractivity contribution in [3.8, 4) is 5.75 Å². The first-order valence-electron chi connectivity index (χ1n) is 10.2. The molecule has 3 aliphatic carbocycles. The van der Waals surface area contributed by atoms with Crippen molar-refractivity contribution in [2.75, 3.05) is 13.7 Å². The van der Waals surface area contributed by atoms with Crippen molar-refractivity contribution in [1.29, 1.82) is 0 Å². The predicted molar refractivity (Wildman–Crippen MR) is 101 cm³/mol. The molecule has 3 aliphatic rings. The number of carbonyl (C=O) groups excluding carboxylic acids is 1. The Morgan fingerprint density at radius 3 is 2.85 bits per heavy atom. The zero-order valence-electron chi connectivity index (χ0n) is 15.8. The molecule has 0 spiro atoms. The number of rotatable bonds is 6. The second kappa shape index (κ2) is 7.22. The van der Waals surface area contributed by atoms with Crippen molar-refractivity contribution in [3.05, 3.63) is 30.3 Å². The third kappa shape index (κ3) is 3.62. The summed E-state index contributed by atoms with van der Waals surface area (Å²) in [7, 11) is 1.97. The second-order valence-electron chi connectivity index (χ2n) is 8.78. The lowest BCUT2D eigenvalue weighted by Gasteiger charge is -2.36. The Labute approximate surface area is 156 Å². The minimum Gasteiger partial charge on any atom is -0.494 e. The van der Waals surface area contributed by atoms with Gasteiger partial charge < -0.3 is 14.7 Å². The first-order chi connectivity index (χ1) is 12.5. The van der Waals surface area contributed by atoms with Crippen molar-refractivity contribution in [2.24, 2.45) is 17.8 Å². The topological polar surface area (TPSA) is 49.8 Å². The highest BCUT2D eigenvalue weighted by atomic mass is 16.5. The number of ether oxygens (including phenoxy) is 1. The van der Waals surface area contributed by atoms with E-state index in [1.54, 1.807) is 0 Å². The maximum atomic E-state index is 12.7. The van der Waals surface area contributed by atoms with Gasteiger partial charge in [-0.05, 0) is 74.8 Å². The van der Waals surface area contributed by atoms with E-state index in [0.29, 0.717) is 36.8 Å². The number of hydrogen-bond acceptors (Lipinski definition) is 3. The first kappa shape index (κ1) is 17.8. The van der Waals surface area contributed by atoms with Crippen LogP contribution >= 0.6 is 0 Å². The minimum atomic E-state index is -0.440. The molecule has 142 valence electrons. The van der Waals surface area contributed by atoms with Gasteiger partial charge in [-0.3, -0.25) is 4.79 Å². The summed E-state index contributed by atoms with van der Waals surface area (Å²) in [6, 6.07) is 10.1. The summed E-state index contributed by atoms with van der Waals surface area (Å²) in [4.78, 5) is 14.7. The molecule has 0 saturated heterocycles. The van der Waals surface area contributed by atoms with E-state index < -0.39 is 5.60 Å². The Bertz CT molecular complexity index is 634. The van der Waals surface area contributed by atoms with Gasteiger partial charge in [-0.25, -0.2) is 0 Å². The summed E-state index contributed by atoms with van der Waals surface area (Å²) in [5.74, 6) is 2.85. The molecule has 1 aromatic carbocycles. The Kier molecular flexibility index (Phi) is 4.96. The SMILES string of the molecule is CN(C(=O)CCCOc1ccccc1)C1CCC2CC3CC(O)(C2)CC31. The van der Waals surface area contributed by atoms with Crippen molar-refractivity contribution in [1.82, 2.24) is 4.90 Å². The molecule has 26 heavy (non-hydrogen) atoms. The smallest absolute Gasteiger partial charge is 0.222 e. The van der Waals surface area contributed by atoms with E-state index in [0.717, 1.165) is 44.3 Å². The number of para-hydroxylation sites is 1. The standard InChI is InChI=1S/C22H31NO3/c1-23(21(24)8-5-11-26-18-6-3-2-4-7-18)20-10-9-16-12-17-14-22(25,13-16)15-19(17)20/h2-4,6-7,16-17,19-20,25H,5,8-15H2,1H3. The maximum Gasteiger partial charge on any atom is 0.222 e. The van der Waals surface area contributed by atoms with Crippen molar-refractivity contribution in [2.45, 2.75) is 63.0 Å². The Morgan fingerprint density at radius 2 is 2.04 bits per heavy atom. The molecule has 0 aromatic heterocycles. The highest BCUT2D eigenvalue weighted by molar-refractivity contribution is 5.76. The molecule has 0 aliphatic heterocycles. The van der Waals surface area contributed by atoms with Gasteiger partial charge in [0.2, 0.25) is 5.91 Å². The summed E-state index contributed by atoms with van der Waals surface area (Å²) in [5.41, 5.74) is -0.440. The van der Waals surface area contributed by atoms with Crippen LogP contribution in [-0.4, -0.2) is 41.2 Å². The molecule has 1 N–H and O–H groups in total. The van der Waals surface area contributed by atoms with Gasteiger partial charge in [-0.2, -0.15) is 0 Å². The minimum absolute atomic E-state index is 0.222.